The van der Waals surface area contributed by atoms with Crippen LogP contribution in [0.2, 0.25) is 0 Å². The zero-order chi connectivity index (χ0) is 14.9. The molecule has 4 nitrogen and oxygen atoms in total. The van der Waals surface area contributed by atoms with Crippen LogP contribution in [0.25, 0.3) is 0 Å². The van der Waals surface area contributed by atoms with Crippen LogP contribution >= 0.6 is 12.2 Å². The highest BCUT2D eigenvalue weighted by Crippen LogP contribution is 2.02. The zero-order valence-electron chi connectivity index (χ0n) is 12.1. The van der Waals surface area contributed by atoms with Crippen LogP contribution in [0.1, 0.15) is 5.56 Å². The van der Waals surface area contributed by atoms with Gasteiger partial charge in [0.1, 0.15) is 5.82 Å². The summed E-state index contributed by atoms with van der Waals surface area (Å²) in [5.41, 5.74) is 1.10. The van der Waals surface area contributed by atoms with Gasteiger partial charge in [0.2, 0.25) is 0 Å². The molecule has 1 saturated heterocycles. The molecule has 0 radical (unpaired) electrons. The van der Waals surface area contributed by atoms with Gasteiger partial charge in [0.15, 0.2) is 5.11 Å². The van der Waals surface area contributed by atoms with Crippen LogP contribution in [0.15, 0.2) is 24.3 Å². The van der Waals surface area contributed by atoms with Gasteiger partial charge in [-0.15, -0.1) is 0 Å². The largest absolute Gasteiger partial charge is 0.379 e. The van der Waals surface area contributed by atoms with E-state index in [1.54, 1.807) is 12.1 Å². The second-order valence-corrected chi connectivity index (χ2v) is 5.42. The quantitative estimate of drug-likeness (QED) is 0.771. The molecule has 0 amide bonds. The molecule has 1 heterocycles. The van der Waals surface area contributed by atoms with Gasteiger partial charge in [-0.2, -0.15) is 0 Å². The van der Waals surface area contributed by atoms with Gasteiger partial charge in [-0.25, -0.2) is 4.39 Å². The Labute approximate surface area is 130 Å². The maximum Gasteiger partial charge on any atom is 0.166 e. The summed E-state index contributed by atoms with van der Waals surface area (Å²) in [7, 11) is 0. The molecule has 2 N–H and O–H groups in total. The predicted octanol–water partition coefficient (Wildman–Crippen LogP) is 1.16. The SMILES string of the molecule is Fc1ccc(CCNC(=S)NCCN2CCOCC2)cc1. The topological polar surface area (TPSA) is 36.5 Å². The third kappa shape index (κ3) is 6.37. The fraction of sp³-hybridized carbons (Fsp3) is 0.533. The van der Waals surface area contributed by atoms with Crippen molar-refractivity contribution >= 4 is 17.3 Å². The Morgan fingerprint density at radius 2 is 1.81 bits per heavy atom. The zero-order valence-corrected chi connectivity index (χ0v) is 12.9. The fourth-order valence-electron chi connectivity index (χ4n) is 2.19. The van der Waals surface area contributed by atoms with E-state index in [1.807, 2.05) is 0 Å². The highest BCUT2D eigenvalue weighted by Gasteiger charge is 2.09. The number of hydrogen-bond acceptors (Lipinski definition) is 3. The molecule has 6 heteroatoms. The Kier molecular flexibility index (Phi) is 6.85. The first kappa shape index (κ1) is 16.1. The molecule has 1 aromatic carbocycles. The summed E-state index contributed by atoms with van der Waals surface area (Å²) in [5.74, 6) is -0.202. The van der Waals surface area contributed by atoms with E-state index in [-0.39, 0.29) is 5.82 Å². The van der Waals surface area contributed by atoms with Crippen LogP contribution in [-0.4, -0.2) is 55.9 Å². The summed E-state index contributed by atoms with van der Waals surface area (Å²) >= 11 is 5.23. The van der Waals surface area contributed by atoms with Crippen LogP contribution in [0, 0.1) is 5.82 Å². The second-order valence-electron chi connectivity index (χ2n) is 5.01. The van der Waals surface area contributed by atoms with E-state index in [1.165, 1.54) is 12.1 Å². The van der Waals surface area contributed by atoms with Gasteiger partial charge in [-0.1, -0.05) is 12.1 Å². The minimum Gasteiger partial charge on any atom is -0.379 e. The van der Waals surface area contributed by atoms with E-state index in [4.69, 9.17) is 17.0 Å². The molecule has 0 aromatic heterocycles. The third-order valence-electron chi connectivity index (χ3n) is 3.43. The first-order valence-corrected chi connectivity index (χ1v) is 7.71. The van der Waals surface area contributed by atoms with Crippen LogP contribution in [0.3, 0.4) is 0 Å². The third-order valence-corrected chi connectivity index (χ3v) is 3.72. The number of halogens is 1. The minimum absolute atomic E-state index is 0.202. The molecule has 0 spiro atoms. The van der Waals surface area contributed by atoms with Crippen LogP contribution in [0.4, 0.5) is 4.39 Å². The normalized spacial score (nSPS) is 15.7. The maximum absolute atomic E-state index is 12.8. The van der Waals surface area contributed by atoms with Gasteiger partial charge in [-0.05, 0) is 36.3 Å². The lowest BCUT2D eigenvalue weighted by Gasteiger charge is -2.26. The first-order chi connectivity index (χ1) is 10.2. The molecule has 0 saturated carbocycles. The first-order valence-electron chi connectivity index (χ1n) is 7.30. The second kappa shape index (κ2) is 8.92. The Morgan fingerprint density at radius 1 is 1.14 bits per heavy atom. The molecule has 116 valence electrons. The van der Waals surface area contributed by atoms with E-state index in [2.05, 4.69) is 15.5 Å². The molecule has 1 aromatic rings. The summed E-state index contributed by atoms with van der Waals surface area (Å²) in [6, 6.07) is 6.56. The van der Waals surface area contributed by atoms with Gasteiger partial charge < -0.3 is 15.4 Å². The van der Waals surface area contributed by atoms with Crippen molar-refractivity contribution in [1.29, 1.82) is 0 Å². The average Bonchev–Trinajstić information content (AvgIpc) is 2.50. The van der Waals surface area contributed by atoms with Gasteiger partial charge in [0.05, 0.1) is 13.2 Å². The predicted molar refractivity (Wildman–Crippen MR) is 86.0 cm³/mol. The number of hydrogen-bond donors (Lipinski definition) is 2. The van der Waals surface area contributed by atoms with Crippen molar-refractivity contribution in [3.05, 3.63) is 35.6 Å². The number of ether oxygens (including phenoxy) is 1. The maximum atomic E-state index is 12.8. The number of benzene rings is 1. The lowest BCUT2D eigenvalue weighted by Crippen LogP contribution is -2.43. The molecule has 1 aliphatic rings. The molecule has 0 bridgehead atoms. The molecule has 21 heavy (non-hydrogen) atoms. The lowest BCUT2D eigenvalue weighted by molar-refractivity contribution is 0.0389. The lowest BCUT2D eigenvalue weighted by atomic mass is 10.1. The summed E-state index contributed by atoms with van der Waals surface area (Å²) in [4.78, 5) is 2.36. The van der Waals surface area contributed by atoms with E-state index >= 15 is 0 Å². The fourth-order valence-corrected chi connectivity index (χ4v) is 2.39. The molecule has 1 fully saturated rings. The Morgan fingerprint density at radius 3 is 2.52 bits per heavy atom. The van der Waals surface area contributed by atoms with E-state index in [0.717, 1.165) is 57.9 Å². The summed E-state index contributed by atoms with van der Waals surface area (Å²) in [6.07, 6.45) is 0.825. The molecule has 1 aliphatic heterocycles. The van der Waals surface area contributed by atoms with Crippen molar-refractivity contribution in [2.24, 2.45) is 0 Å². The molecule has 0 atom stereocenters. The van der Waals surface area contributed by atoms with Crippen LogP contribution in [0.5, 0.6) is 0 Å². The van der Waals surface area contributed by atoms with Gasteiger partial charge in [-0.3, -0.25) is 4.90 Å². The average molecular weight is 311 g/mol. The van der Waals surface area contributed by atoms with E-state index < -0.39 is 0 Å². The molecule has 2 rings (SSSR count). The summed E-state index contributed by atoms with van der Waals surface area (Å²) < 4.78 is 18.1. The van der Waals surface area contributed by atoms with E-state index in [0.29, 0.717) is 5.11 Å². The van der Waals surface area contributed by atoms with Gasteiger partial charge in [0.25, 0.3) is 0 Å². The monoisotopic (exact) mass is 311 g/mol. The highest BCUT2D eigenvalue weighted by atomic mass is 32.1. The molecule has 0 unspecified atom stereocenters. The summed E-state index contributed by atoms with van der Waals surface area (Å²) in [5, 5.41) is 7.04. The standard InChI is InChI=1S/C15H22FN3OS/c16-14-3-1-13(2-4-14)5-6-17-15(21)18-7-8-19-9-11-20-12-10-19/h1-4H,5-12H2,(H2,17,18,21). The number of morpholine rings is 1. The van der Waals surface area contributed by atoms with E-state index in [9.17, 15) is 4.39 Å². The Hall–Kier alpha value is -1.24. The number of rotatable bonds is 6. The van der Waals surface area contributed by atoms with Crippen molar-refractivity contribution in [3.8, 4) is 0 Å². The summed E-state index contributed by atoms with van der Waals surface area (Å²) in [6.45, 7) is 6.18. The van der Waals surface area contributed by atoms with Crippen molar-refractivity contribution < 1.29 is 9.13 Å². The van der Waals surface area contributed by atoms with Crippen molar-refractivity contribution in [2.75, 3.05) is 45.9 Å². The molecular formula is C15H22FN3OS. The van der Waals surface area contributed by atoms with Crippen LogP contribution in [-0.2, 0) is 11.2 Å². The Balaban J connectivity index is 1.54. The van der Waals surface area contributed by atoms with Gasteiger partial charge in [0, 0.05) is 32.7 Å². The molecule has 0 aliphatic carbocycles. The molecular weight excluding hydrogens is 289 g/mol. The number of nitrogens with one attached hydrogen (secondary N) is 2. The van der Waals surface area contributed by atoms with Gasteiger partial charge >= 0.3 is 0 Å². The smallest absolute Gasteiger partial charge is 0.166 e. The Bertz CT molecular complexity index is 435. The van der Waals surface area contributed by atoms with Crippen molar-refractivity contribution in [2.45, 2.75) is 6.42 Å². The minimum atomic E-state index is -0.202. The van der Waals surface area contributed by atoms with Crippen LogP contribution < -0.4 is 10.6 Å². The number of nitrogens with zero attached hydrogens (tertiary/aromatic N) is 1. The highest BCUT2D eigenvalue weighted by molar-refractivity contribution is 7.80. The van der Waals surface area contributed by atoms with Crippen molar-refractivity contribution in [3.63, 3.8) is 0 Å². The van der Waals surface area contributed by atoms with Crippen molar-refractivity contribution in [1.82, 2.24) is 15.5 Å². The number of thiocarbonyl (C=S) groups is 1.